The van der Waals surface area contributed by atoms with Crippen molar-refractivity contribution in [2.45, 2.75) is 19.4 Å². The second-order valence-electron chi connectivity index (χ2n) is 6.92. The molecular formula is C19H19BrN4O2. The summed E-state index contributed by atoms with van der Waals surface area (Å²) in [5.74, 6) is 1.44. The van der Waals surface area contributed by atoms with Crippen LogP contribution < -0.4 is 10.5 Å². The van der Waals surface area contributed by atoms with Gasteiger partial charge < -0.3 is 14.6 Å². The van der Waals surface area contributed by atoms with E-state index in [1.807, 2.05) is 10.6 Å². The smallest absolute Gasteiger partial charge is 0.270 e. The van der Waals surface area contributed by atoms with Crippen molar-refractivity contribution < 1.29 is 4.74 Å². The highest BCUT2D eigenvalue weighted by Gasteiger charge is 2.30. The van der Waals surface area contributed by atoms with Gasteiger partial charge in [-0.3, -0.25) is 9.36 Å². The average molecular weight is 415 g/mol. The number of nitrogens with zero attached hydrogens (tertiary/aromatic N) is 3. The molecule has 5 rings (SSSR count). The Bertz CT molecular complexity index is 1070. The lowest BCUT2D eigenvalue weighted by Crippen LogP contribution is -2.39. The highest BCUT2D eigenvalue weighted by atomic mass is 79.9. The summed E-state index contributed by atoms with van der Waals surface area (Å²) in [4.78, 5) is 23.7. The number of aromatic nitrogens is 3. The Morgan fingerprint density at radius 1 is 1.27 bits per heavy atom. The highest BCUT2D eigenvalue weighted by molar-refractivity contribution is 9.10. The van der Waals surface area contributed by atoms with E-state index >= 15 is 0 Å². The molecule has 1 saturated heterocycles. The summed E-state index contributed by atoms with van der Waals surface area (Å²) in [6.07, 6.45) is 0.817. The van der Waals surface area contributed by atoms with Crippen LogP contribution in [0.15, 0.2) is 33.5 Å². The number of rotatable bonds is 1. The molecule has 2 aliphatic heterocycles. The fourth-order valence-corrected chi connectivity index (χ4v) is 4.59. The molecule has 0 aliphatic carbocycles. The third kappa shape index (κ3) is 2.27. The third-order valence-corrected chi connectivity index (χ3v) is 6.02. The lowest BCUT2D eigenvalue weighted by molar-refractivity contribution is 0.122. The Kier molecular flexibility index (Phi) is 3.68. The van der Waals surface area contributed by atoms with Crippen LogP contribution in [0, 0.1) is 0 Å². The van der Waals surface area contributed by atoms with Gasteiger partial charge in [0, 0.05) is 30.0 Å². The predicted molar refractivity (Wildman–Crippen MR) is 105 cm³/mol. The quantitative estimate of drug-likeness (QED) is 0.664. The Balaban J connectivity index is 1.77. The molecule has 26 heavy (non-hydrogen) atoms. The Labute approximate surface area is 158 Å². The van der Waals surface area contributed by atoms with Gasteiger partial charge >= 0.3 is 0 Å². The van der Waals surface area contributed by atoms with E-state index in [0.29, 0.717) is 23.5 Å². The van der Waals surface area contributed by atoms with Crippen molar-refractivity contribution in [2.75, 3.05) is 31.2 Å². The highest BCUT2D eigenvalue weighted by Crippen LogP contribution is 2.38. The van der Waals surface area contributed by atoms with Gasteiger partial charge in [-0.05, 0) is 40.9 Å². The topological polar surface area (TPSA) is 63.2 Å². The number of aromatic amines is 1. The maximum atomic E-state index is 13.1. The maximum absolute atomic E-state index is 13.1. The van der Waals surface area contributed by atoms with E-state index in [4.69, 9.17) is 9.72 Å². The van der Waals surface area contributed by atoms with Crippen molar-refractivity contribution in [2.24, 2.45) is 0 Å². The monoisotopic (exact) mass is 414 g/mol. The first kappa shape index (κ1) is 16.1. The summed E-state index contributed by atoms with van der Waals surface area (Å²) in [5.41, 5.74) is 3.27. The van der Waals surface area contributed by atoms with E-state index in [1.165, 1.54) is 10.9 Å². The number of H-pyrrole nitrogens is 1. The number of halogens is 1. The summed E-state index contributed by atoms with van der Waals surface area (Å²) in [7, 11) is 0. The van der Waals surface area contributed by atoms with Crippen molar-refractivity contribution in [3.8, 4) is 11.5 Å². The lowest BCUT2D eigenvalue weighted by atomic mass is 9.99. The molecule has 0 spiro atoms. The molecule has 1 unspecified atom stereocenters. The molecule has 6 nitrogen and oxygen atoms in total. The van der Waals surface area contributed by atoms with Gasteiger partial charge in [0.1, 0.15) is 4.47 Å². The van der Waals surface area contributed by atoms with E-state index in [1.54, 1.807) is 0 Å². The number of hydrogen-bond acceptors (Lipinski definition) is 4. The standard InChI is InChI=1S/C19H19BrN4O2/c1-11-10-13-12-4-2-3-5-14(12)21-16(13)18-22-17(15(20)19(25)24(11)18)23-6-8-26-9-7-23/h2-5,11,21H,6-10H2,1H3. The summed E-state index contributed by atoms with van der Waals surface area (Å²) in [6, 6.07) is 8.34. The van der Waals surface area contributed by atoms with Gasteiger partial charge in [-0.25, -0.2) is 4.98 Å². The zero-order chi connectivity index (χ0) is 17.8. The minimum Gasteiger partial charge on any atom is -0.378 e. The predicted octanol–water partition coefficient (Wildman–Crippen LogP) is 3.11. The number of anilines is 1. The van der Waals surface area contributed by atoms with Gasteiger partial charge in [-0.1, -0.05) is 18.2 Å². The number of morpholine rings is 1. The minimum absolute atomic E-state index is 0.0201. The Morgan fingerprint density at radius 3 is 2.85 bits per heavy atom. The van der Waals surface area contributed by atoms with Gasteiger partial charge in [-0.2, -0.15) is 0 Å². The van der Waals surface area contributed by atoms with Gasteiger partial charge in [0.15, 0.2) is 11.6 Å². The second-order valence-corrected chi connectivity index (χ2v) is 7.72. The van der Waals surface area contributed by atoms with Gasteiger partial charge in [-0.15, -0.1) is 0 Å². The lowest BCUT2D eigenvalue weighted by Gasteiger charge is -2.31. The molecule has 1 N–H and O–H groups in total. The SMILES string of the molecule is CC1Cc2c([nH]c3ccccc23)-c2nc(N3CCOCC3)c(Br)c(=O)n21. The number of para-hydroxylation sites is 1. The molecule has 1 fully saturated rings. The van der Waals surface area contributed by atoms with Crippen molar-refractivity contribution in [3.05, 3.63) is 44.7 Å². The molecule has 3 aromatic rings. The van der Waals surface area contributed by atoms with Crippen molar-refractivity contribution >= 4 is 32.7 Å². The number of fused-ring (bicyclic) bond motifs is 5. The minimum atomic E-state index is -0.0201. The molecule has 134 valence electrons. The number of ether oxygens (including phenoxy) is 1. The summed E-state index contributed by atoms with van der Waals surface area (Å²) < 4.78 is 7.79. The molecular weight excluding hydrogens is 396 g/mol. The van der Waals surface area contributed by atoms with Gasteiger partial charge in [0.05, 0.1) is 18.9 Å². The fraction of sp³-hybridized carbons (Fsp3) is 0.368. The van der Waals surface area contributed by atoms with Crippen LogP contribution in [0.4, 0.5) is 5.82 Å². The van der Waals surface area contributed by atoms with Crippen LogP contribution in [0.25, 0.3) is 22.4 Å². The van der Waals surface area contributed by atoms with E-state index < -0.39 is 0 Å². The zero-order valence-corrected chi connectivity index (χ0v) is 16.0. The van der Waals surface area contributed by atoms with Crippen LogP contribution in [0.3, 0.4) is 0 Å². The first-order chi connectivity index (χ1) is 12.6. The van der Waals surface area contributed by atoms with E-state index in [0.717, 1.165) is 36.5 Å². The summed E-state index contributed by atoms with van der Waals surface area (Å²) in [5, 5.41) is 1.21. The summed E-state index contributed by atoms with van der Waals surface area (Å²) in [6.45, 7) is 4.87. The molecule has 0 radical (unpaired) electrons. The molecule has 1 atom stereocenters. The Morgan fingerprint density at radius 2 is 2.04 bits per heavy atom. The van der Waals surface area contributed by atoms with Gasteiger partial charge in [0.2, 0.25) is 0 Å². The van der Waals surface area contributed by atoms with Crippen molar-refractivity contribution in [3.63, 3.8) is 0 Å². The molecule has 0 bridgehead atoms. The van der Waals surface area contributed by atoms with Crippen LogP contribution in [0.2, 0.25) is 0 Å². The molecule has 0 saturated carbocycles. The van der Waals surface area contributed by atoms with Crippen molar-refractivity contribution in [1.82, 2.24) is 14.5 Å². The number of nitrogens with one attached hydrogen (secondary N) is 1. The van der Waals surface area contributed by atoms with E-state index in [2.05, 4.69) is 50.9 Å². The van der Waals surface area contributed by atoms with Crippen LogP contribution >= 0.6 is 15.9 Å². The number of benzene rings is 1. The first-order valence-corrected chi connectivity index (χ1v) is 9.69. The first-order valence-electron chi connectivity index (χ1n) is 8.90. The third-order valence-electron chi connectivity index (χ3n) is 5.33. The maximum Gasteiger partial charge on any atom is 0.270 e. The molecule has 2 aliphatic rings. The molecule has 2 aromatic heterocycles. The van der Waals surface area contributed by atoms with E-state index in [9.17, 15) is 4.79 Å². The second kappa shape index (κ2) is 5.96. The van der Waals surface area contributed by atoms with Crippen LogP contribution in [-0.4, -0.2) is 40.8 Å². The normalized spacial score (nSPS) is 19.5. The molecule has 0 amide bonds. The van der Waals surface area contributed by atoms with Crippen LogP contribution in [-0.2, 0) is 11.2 Å². The molecule has 1 aromatic carbocycles. The largest absolute Gasteiger partial charge is 0.378 e. The average Bonchev–Trinajstić information content (AvgIpc) is 3.03. The Hall–Kier alpha value is -2.12. The zero-order valence-electron chi connectivity index (χ0n) is 14.5. The summed E-state index contributed by atoms with van der Waals surface area (Å²) >= 11 is 3.51. The fourth-order valence-electron chi connectivity index (χ4n) is 4.06. The van der Waals surface area contributed by atoms with Crippen LogP contribution in [0.1, 0.15) is 18.5 Å². The molecule has 4 heterocycles. The van der Waals surface area contributed by atoms with Crippen LogP contribution in [0.5, 0.6) is 0 Å². The van der Waals surface area contributed by atoms with Crippen molar-refractivity contribution in [1.29, 1.82) is 0 Å². The molecule has 7 heteroatoms. The van der Waals surface area contributed by atoms with E-state index in [-0.39, 0.29) is 11.6 Å². The number of hydrogen-bond donors (Lipinski definition) is 1. The van der Waals surface area contributed by atoms with Gasteiger partial charge in [0.25, 0.3) is 5.56 Å².